The predicted molar refractivity (Wildman–Crippen MR) is 67.3 cm³/mol. The zero-order valence-electron chi connectivity index (χ0n) is 10.8. The maximum absolute atomic E-state index is 11.7. The molecule has 3 atom stereocenters. The van der Waals surface area contributed by atoms with Gasteiger partial charge in [-0.3, -0.25) is 19.9 Å². The van der Waals surface area contributed by atoms with E-state index in [2.05, 4.69) is 22.6 Å². The lowest BCUT2D eigenvalue weighted by Gasteiger charge is -2.40. The molecule has 2 amide bonds. The SMILES string of the molecule is CC(CCC(=O)NN)N1CCCC2C(=O)NCC21. The highest BCUT2D eigenvalue weighted by molar-refractivity contribution is 5.82. The molecule has 18 heavy (non-hydrogen) atoms. The number of hydrogen-bond acceptors (Lipinski definition) is 4. The van der Waals surface area contributed by atoms with Gasteiger partial charge in [-0.05, 0) is 32.7 Å². The second kappa shape index (κ2) is 5.67. The van der Waals surface area contributed by atoms with Crippen molar-refractivity contribution in [2.24, 2.45) is 11.8 Å². The van der Waals surface area contributed by atoms with Crippen LogP contribution in [0.5, 0.6) is 0 Å². The predicted octanol–water partition coefficient (Wildman–Crippen LogP) is -0.645. The zero-order chi connectivity index (χ0) is 13.1. The van der Waals surface area contributed by atoms with Crippen molar-refractivity contribution in [3.63, 3.8) is 0 Å². The van der Waals surface area contributed by atoms with E-state index in [1.165, 1.54) is 0 Å². The molecular weight excluding hydrogens is 232 g/mol. The number of hydrazine groups is 1. The number of nitrogens with one attached hydrogen (secondary N) is 2. The van der Waals surface area contributed by atoms with E-state index in [4.69, 9.17) is 5.84 Å². The second-order valence-corrected chi connectivity index (χ2v) is 5.25. The minimum Gasteiger partial charge on any atom is -0.354 e. The first kappa shape index (κ1) is 13.3. The molecule has 2 aliphatic heterocycles. The van der Waals surface area contributed by atoms with Crippen molar-refractivity contribution in [2.75, 3.05) is 13.1 Å². The third-order valence-electron chi connectivity index (χ3n) is 4.16. The summed E-state index contributed by atoms with van der Waals surface area (Å²) >= 11 is 0. The molecule has 4 N–H and O–H groups in total. The Hall–Kier alpha value is -1.14. The Bertz CT molecular complexity index is 334. The number of carbonyl (C=O) groups excluding carboxylic acids is 2. The summed E-state index contributed by atoms with van der Waals surface area (Å²) in [5, 5.41) is 2.94. The number of nitrogens with two attached hydrogens (primary N) is 1. The number of amides is 2. The Balaban J connectivity index is 1.91. The minimum absolute atomic E-state index is 0.129. The molecule has 102 valence electrons. The molecule has 0 saturated carbocycles. The highest BCUT2D eigenvalue weighted by Gasteiger charge is 2.41. The molecule has 2 fully saturated rings. The monoisotopic (exact) mass is 254 g/mol. The smallest absolute Gasteiger partial charge is 0.233 e. The fraction of sp³-hybridized carbons (Fsp3) is 0.833. The molecular formula is C12H22N4O2. The quantitative estimate of drug-likeness (QED) is 0.354. The van der Waals surface area contributed by atoms with Crippen LogP contribution in [0.1, 0.15) is 32.6 Å². The first-order valence-electron chi connectivity index (χ1n) is 6.66. The molecule has 0 aromatic carbocycles. The van der Waals surface area contributed by atoms with Crippen LogP contribution in [0.2, 0.25) is 0 Å². The van der Waals surface area contributed by atoms with E-state index in [0.717, 1.165) is 32.4 Å². The standard InChI is InChI=1S/C12H22N4O2/c1-8(4-5-11(17)15-13)16-6-2-3-9-10(16)7-14-12(9)18/h8-10H,2-7,13H2,1H3,(H,14,18)(H,15,17). The summed E-state index contributed by atoms with van der Waals surface area (Å²) in [7, 11) is 0. The van der Waals surface area contributed by atoms with Crippen molar-refractivity contribution in [1.29, 1.82) is 0 Å². The van der Waals surface area contributed by atoms with Crippen LogP contribution >= 0.6 is 0 Å². The summed E-state index contributed by atoms with van der Waals surface area (Å²) in [6.45, 7) is 3.88. The number of fused-ring (bicyclic) bond motifs is 1. The molecule has 3 unspecified atom stereocenters. The van der Waals surface area contributed by atoms with Gasteiger partial charge < -0.3 is 5.32 Å². The van der Waals surface area contributed by atoms with E-state index >= 15 is 0 Å². The number of likely N-dealkylation sites (tertiary alicyclic amines) is 1. The number of carbonyl (C=O) groups is 2. The van der Waals surface area contributed by atoms with E-state index in [0.29, 0.717) is 18.5 Å². The van der Waals surface area contributed by atoms with Gasteiger partial charge in [0, 0.05) is 25.0 Å². The third-order valence-corrected chi connectivity index (χ3v) is 4.16. The molecule has 0 aromatic rings. The molecule has 0 radical (unpaired) electrons. The lowest BCUT2D eigenvalue weighted by atomic mass is 9.90. The van der Waals surface area contributed by atoms with Gasteiger partial charge >= 0.3 is 0 Å². The topological polar surface area (TPSA) is 87.5 Å². The van der Waals surface area contributed by atoms with Crippen LogP contribution in [-0.2, 0) is 9.59 Å². The first-order valence-corrected chi connectivity index (χ1v) is 6.66. The zero-order valence-corrected chi connectivity index (χ0v) is 10.8. The van der Waals surface area contributed by atoms with Gasteiger partial charge in [-0.2, -0.15) is 0 Å². The van der Waals surface area contributed by atoms with Crippen molar-refractivity contribution in [2.45, 2.75) is 44.7 Å². The van der Waals surface area contributed by atoms with Crippen molar-refractivity contribution < 1.29 is 9.59 Å². The van der Waals surface area contributed by atoms with Gasteiger partial charge in [0.25, 0.3) is 0 Å². The van der Waals surface area contributed by atoms with Crippen molar-refractivity contribution in [1.82, 2.24) is 15.6 Å². The molecule has 2 heterocycles. The Labute approximate surface area is 107 Å². The minimum atomic E-state index is -0.129. The normalized spacial score (nSPS) is 29.6. The number of hydrogen-bond donors (Lipinski definition) is 3. The molecule has 2 rings (SSSR count). The molecule has 0 spiro atoms. The Kier molecular flexibility index (Phi) is 4.19. The van der Waals surface area contributed by atoms with Crippen LogP contribution in [0.4, 0.5) is 0 Å². The summed E-state index contributed by atoms with van der Waals surface area (Å²) in [5.41, 5.74) is 2.15. The van der Waals surface area contributed by atoms with Crippen molar-refractivity contribution in [3.8, 4) is 0 Å². The molecule has 6 heteroatoms. The van der Waals surface area contributed by atoms with E-state index < -0.39 is 0 Å². The summed E-state index contributed by atoms with van der Waals surface area (Å²) in [6.07, 6.45) is 3.26. The highest BCUT2D eigenvalue weighted by Crippen LogP contribution is 2.29. The fourth-order valence-corrected chi connectivity index (χ4v) is 3.11. The number of rotatable bonds is 4. The summed E-state index contributed by atoms with van der Waals surface area (Å²) < 4.78 is 0. The lowest BCUT2D eigenvalue weighted by molar-refractivity contribution is -0.125. The van der Waals surface area contributed by atoms with Crippen molar-refractivity contribution in [3.05, 3.63) is 0 Å². The van der Waals surface area contributed by atoms with Gasteiger partial charge in [0.1, 0.15) is 0 Å². The Morgan fingerprint density at radius 2 is 2.44 bits per heavy atom. The molecule has 0 bridgehead atoms. The van der Waals surface area contributed by atoms with E-state index in [1.807, 2.05) is 0 Å². The van der Waals surface area contributed by atoms with Crippen LogP contribution in [0, 0.1) is 5.92 Å². The average Bonchev–Trinajstić information content (AvgIpc) is 2.77. The summed E-state index contributed by atoms with van der Waals surface area (Å²) in [5.74, 6) is 5.28. The average molecular weight is 254 g/mol. The van der Waals surface area contributed by atoms with Gasteiger partial charge in [-0.15, -0.1) is 0 Å². The largest absolute Gasteiger partial charge is 0.354 e. The fourth-order valence-electron chi connectivity index (χ4n) is 3.11. The first-order chi connectivity index (χ1) is 8.63. The summed E-state index contributed by atoms with van der Waals surface area (Å²) in [6, 6.07) is 0.616. The number of piperidine rings is 1. The van der Waals surface area contributed by atoms with Crippen molar-refractivity contribution >= 4 is 11.8 Å². The van der Waals surface area contributed by atoms with Crippen LogP contribution in [0.3, 0.4) is 0 Å². The molecule has 6 nitrogen and oxygen atoms in total. The maximum Gasteiger partial charge on any atom is 0.233 e. The number of nitrogens with zero attached hydrogens (tertiary/aromatic N) is 1. The maximum atomic E-state index is 11.7. The Morgan fingerprint density at radius 3 is 3.17 bits per heavy atom. The molecule has 0 aromatic heterocycles. The van der Waals surface area contributed by atoms with E-state index in [9.17, 15) is 9.59 Å². The van der Waals surface area contributed by atoms with E-state index in [1.54, 1.807) is 0 Å². The molecule has 2 saturated heterocycles. The summed E-state index contributed by atoms with van der Waals surface area (Å²) in [4.78, 5) is 25.2. The lowest BCUT2D eigenvalue weighted by Crippen LogP contribution is -2.50. The van der Waals surface area contributed by atoms with Crippen LogP contribution in [0.25, 0.3) is 0 Å². The molecule has 2 aliphatic rings. The van der Waals surface area contributed by atoms with Gasteiger partial charge in [0.05, 0.1) is 5.92 Å². The highest BCUT2D eigenvalue weighted by atomic mass is 16.2. The second-order valence-electron chi connectivity index (χ2n) is 5.25. The Morgan fingerprint density at radius 1 is 1.67 bits per heavy atom. The van der Waals surface area contributed by atoms with Crippen LogP contribution in [-0.4, -0.2) is 41.9 Å². The van der Waals surface area contributed by atoms with Crippen LogP contribution < -0.4 is 16.6 Å². The van der Waals surface area contributed by atoms with Gasteiger partial charge in [-0.25, -0.2) is 5.84 Å². The van der Waals surface area contributed by atoms with Gasteiger partial charge in [-0.1, -0.05) is 0 Å². The van der Waals surface area contributed by atoms with Crippen LogP contribution in [0.15, 0.2) is 0 Å². The van der Waals surface area contributed by atoms with Gasteiger partial charge in [0.15, 0.2) is 0 Å². The third kappa shape index (κ3) is 2.64. The van der Waals surface area contributed by atoms with E-state index in [-0.39, 0.29) is 17.7 Å². The molecule has 0 aliphatic carbocycles. The van der Waals surface area contributed by atoms with Gasteiger partial charge in [0.2, 0.25) is 11.8 Å².